The molecule has 9 nitrogen and oxygen atoms in total. The highest BCUT2D eigenvalue weighted by atomic mass is 35.5. The molecule has 0 radical (unpaired) electrons. The zero-order chi connectivity index (χ0) is 22.4. The number of benzene rings is 2. The topological polar surface area (TPSA) is 154 Å². The van der Waals surface area contributed by atoms with E-state index in [1.54, 1.807) is 13.0 Å². The summed E-state index contributed by atoms with van der Waals surface area (Å²) in [4.78, 5) is 24.6. The molecule has 2 amide bonds. The van der Waals surface area contributed by atoms with Crippen molar-refractivity contribution < 1.29 is 23.5 Å². The predicted octanol–water partition coefficient (Wildman–Crippen LogP) is 1.38. The SMILES string of the molecule is Cc1c(N[C@@H](C(=O)NNC(=O)c2ccc(S(=O)[O-])cc2)[C@@H](C)O)ccc(C#N)c1Cl. The van der Waals surface area contributed by atoms with Crippen molar-refractivity contribution in [3.8, 4) is 6.07 Å². The molecule has 0 aliphatic carbocycles. The summed E-state index contributed by atoms with van der Waals surface area (Å²) in [6.07, 6.45) is -1.14. The highest BCUT2D eigenvalue weighted by Gasteiger charge is 2.25. The van der Waals surface area contributed by atoms with Gasteiger partial charge in [-0.2, -0.15) is 5.26 Å². The first-order valence-corrected chi connectivity index (χ1v) is 10.0. The second-order valence-electron chi connectivity index (χ2n) is 6.28. The number of aliphatic hydroxyl groups excluding tert-OH is 1. The summed E-state index contributed by atoms with van der Waals surface area (Å²) in [7, 11) is 0. The van der Waals surface area contributed by atoms with Gasteiger partial charge in [0.05, 0.1) is 16.7 Å². The molecule has 0 aliphatic rings. The predicted molar refractivity (Wildman–Crippen MR) is 109 cm³/mol. The van der Waals surface area contributed by atoms with E-state index in [1.165, 1.54) is 37.3 Å². The van der Waals surface area contributed by atoms with Crippen LogP contribution in [0.1, 0.15) is 28.4 Å². The molecule has 1 unspecified atom stereocenters. The molecule has 11 heteroatoms. The zero-order valence-corrected chi connectivity index (χ0v) is 17.5. The molecule has 3 atom stereocenters. The zero-order valence-electron chi connectivity index (χ0n) is 15.9. The first-order valence-electron chi connectivity index (χ1n) is 8.59. The summed E-state index contributed by atoms with van der Waals surface area (Å²) in [5, 5.41) is 22.1. The molecule has 2 aromatic rings. The Morgan fingerprint density at radius 2 is 1.83 bits per heavy atom. The Hall–Kier alpha value is -2.97. The fraction of sp³-hybridized carbons (Fsp3) is 0.211. The van der Waals surface area contributed by atoms with Gasteiger partial charge in [0.15, 0.2) is 0 Å². The number of anilines is 1. The van der Waals surface area contributed by atoms with Crippen molar-refractivity contribution in [2.75, 3.05) is 5.32 Å². The van der Waals surface area contributed by atoms with Crippen molar-refractivity contribution in [3.05, 3.63) is 58.1 Å². The van der Waals surface area contributed by atoms with E-state index in [4.69, 9.17) is 16.9 Å². The maximum atomic E-state index is 12.5. The number of halogens is 1. The quantitative estimate of drug-likeness (QED) is 0.383. The smallest absolute Gasteiger partial charge is 0.269 e. The molecule has 2 aromatic carbocycles. The van der Waals surface area contributed by atoms with Crippen molar-refractivity contribution in [1.82, 2.24) is 10.9 Å². The minimum absolute atomic E-state index is 0.0189. The lowest BCUT2D eigenvalue weighted by molar-refractivity contribution is -0.124. The molecular formula is C19H18ClN4O5S-. The number of nitrogens with zero attached hydrogens (tertiary/aromatic N) is 1. The van der Waals surface area contributed by atoms with Crippen LogP contribution in [0.4, 0.5) is 5.69 Å². The number of rotatable bonds is 6. The number of hydrogen-bond acceptors (Lipinski definition) is 7. The standard InChI is InChI=1S/C19H19ClN4O5S/c1-10-15(8-5-13(9-21)16(10)20)22-17(11(2)25)19(27)24-23-18(26)12-3-6-14(7-4-12)30(28)29/h3-8,11,17,22,25H,1-2H3,(H,23,26)(H,24,27)(H,28,29)/p-1/t11-,17-/m1/s1. The molecule has 0 saturated heterocycles. The van der Waals surface area contributed by atoms with Gasteiger partial charge in [-0.25, -0.2) is 0 Å². The van der Waals surface area contributed by atoms with Crippen LogP contribution >= 0.6 is 11.6 Å². The minimum Gasteiger partial charge on any atom is -0.768 e. The summed E-state index contributed by atoms with van der Waals surface area (Å²) in [6, 6.07) is 8.93. The van der Waals surface area contributed by atoms with Crippen molar-refractivity contribution in [2.45, 2.75) is 30.9 Å². The van der Waals surface area contributed by atoms with Crippen molar-refractivity contribution in [1.29, 1.82) is 5.26 Å². The number of carbonyl (C=O) groups excluding carboxylic acids is 2. The second kappa shape index (κ2) is 10.2. The third-order valence-corrected chi connectivity index (χ3v) is 5.34. The van der Waals surface area contributed by atoms with Crippen LogP contribution in [0.25, 0.3) is 0 Å². The fourth-order valence-corrected chi connectivity index (χ4v) is 3.05. The van der Waals surface area contributed by atoms with E-state index in [-0.39, 0.29) is 21.0 Å². The Morgan fingerprint density at radius 3 is 2.37 bits per heavy atom. The largest absolute Gasteiger partial charge is 0.768 e. The molecule has 4 N–H and O–H groups in total. The van der Waals surface area contributed by atoms with Gasteiger partial charge in [-0.05, 0) is 66.9 Å². The fourth-order valence-electron chi connectivity index (χ4n) is 2.49. The number of carbonyl (C=O) groups is 2. The number of hydrogen-bond donors (Lipinski definition) is 4. The lowest BCUT2D eigenvalue weighted by atomic mass is 10.1. The second-order valence-corrected chi connectivity index (χ2v) is 7.60. The average molecular weight is 450 g/mol. The van der Waals surface area contributed by atoms with E-state index in [0.29, 0.717) is 11.3 Å². The highest BCUT2D eigenvalue weighted by Crippen LogP contribution is 2.27. The molecular weight excluding hydrogens is 432 g/mol. The molecule has 0 fully saturated rings. The first kappa shape index (κ1) is 23.3. The lowest BCUT2D eigenvalue weighted by Crippen LogP contribution is -2.52. The number of amides is 2. The Labute approximate surface area is 180 Å². The summed E-state index contributed by atoms with van der Waals surface area (Å²) in [5.41, 5.74) is 5.77. The summed E-state index contributed by atoms with van der Waals surface area (Å²) < 4.78 is 21.7. The van der Waals surface area contributed by atoms with Gasteiger partial charge in [0.1, 0.15) is 12.1 Å². The lowest BCUT2D eigenvalue weighted by Gasteiger charge is -2.23. The molecule has 2 rings (SSSR count). The minimum atomic E-state index is -2.41. The van der Waals surface area contributed by atoms with Gasteiger partial charge in [-0.1, -0.05) is 11.6 Å². The van der Waals surface area contributed by atoms with Crippen LogP contribution in [0.5, 0.6) is 0 Å². The van der Waals surface area contributed by atoms with Crippen LogP contribution in [-0.2, 0) is 15.9 Å². The summed E-state index contributed by atoms with van der Waals surface area (Å²) in [5.74, 6) is -1.40. The van der Waals surface area contributed by atoms with Gasteiger partial charge in [-0.3, -0.25) is 24.6 Å². The number of hydrazine groups is 1. The van der Waals surface area contributed by atoms with Crippen LogP contribution in [0.3, 0.4) is 0 Å². The Balaban J connectivity index is 2.07. The first-order chi connectivity index (χ1) is 14.1. The van der Waals surface area contributed by atoms with Gasteiger partial charge in [0, 0.05) is 16.1 Å². The van der Waals surface area contributed by atoms with Gasteiger partial charge < -0.3 is 15.0 Å². The maximum Gasteiger partial charge on any atom is 0.269 e. The number of nitrogens with one attached hydrogen (secondary N) is 3. The third kappa shape index (κ3) is 5.55. The molecule has 0 heterocycles. The Kier molecular flexibility index (Phi) is 7.91. The van der Waals surface area contributed by atoms with E-state index in [0.717, 1.165) is 0 Å². The molecule has 0 bridgehead atoms. The normalized spacial score (nSPS) is 13.5. The molecule has 158 valence electrons. The van der Waals surface area contributed by atoms with E-state index < -0.39 is 35.0 Å². The average Bonchev–Trinajstić information content (AvgIpc) is 2.72. The molecule has 30 heavy (non-hydrogen) atoms. The van der Waals surface area contributed by atoms with Crippen LogP contribution in [0.2, 0.25) is 5.02 Å². The van der Waals surface area contributed by atoms with Crippen LogP contribution in [0, 0.1) is 18.3 Å². The van der Waals surface area contributed by atoms with Crippen molar-refractivity contribution in [2.24, 2.45) is 0 Å². The Bertz CT molecular complexity index is 1020. The maximum absolute atomic E-state index is 12.5. The van der Waals surface area contributed by atoms with E-state index in [9.17, 15) is 23.5 Å². The van der Waals surface area contributed by atoms with E-state index >= 15 is 0 Å². The van der Waals surface area contributed by atoms with Gasteiger partial charge >= 0.3 is 0 Å². The van der Waals surface area contributed by atoms with Gasteiger partial charge in [0.25, 0.3) is 11.8 Å². The van der Waals surface area contributed by atoms with Crippen molar-refractivity contribution >= 4 is 40.2 Å². The third-order valence-electron chi connectivity index (χ3n) is 4.19. The summed E-state index contributed by atoms with van der Waals surface area (Å²) in [6.45, 7) is 3.05. The van der Waals surface area contributed by atoms with E-state index in [2.05, 4.69) is 16.2 Å². The van der Waals surface area contributed by atoms with Crippen LogP contribution < -0.4 is 16.2 Å². The Morgan fingerprint density at radius 1 is 1.20 bits per heavy atom. The molecule has 0 spiro atoms. The molecule has 0 aliphatic heterocycles. The van der Waals surface area contributed by atoms with Crippen LogP contribution in [0.15, 0.2) is 41.3 Å². The summed E-state index contributed by atoms with van der Waals surface area (Å²) >= 11 is 3.71. The molecule has 0 aromatic heterocycles. The number of aliphatic hydroxyl groups is 1. The van der Waals surface area contributed by atoms with Crippen molar-refractivity contribution in [3.63, 3.8) is 0 Å². The monoisotopic (exact) mass is 449 g/mol. The number of nitriles is 1. The van der Waals surface area contributed by atoms with Crippen LogP contribution in [-0.4, -0.2) is 37.8 Å². The van der Waals surface area contributed by atoms with E-state index in [1.807, 2.05) is 6.07 Å². The van der Waals surface area contributed by atoms with Gasteiger partial charge in [0.2, 0.25) is 0 Å². The molecule has 0 saturated carbocycles. The van der Waals surface area contributed by atoms with Gasteiger partial charge in [-0.15, -0.1) is 0 Å². The highest BCUT2D eigenvalue weighted by molar-refractivity contribution is 7.79.